The fraction of sp³-hybridized carbons (Fsp3) is 0.348. The van der Waals surface area contributed by atoms with Crippen LogP contribution in [0.4, 0.5) is 15.9 Å². The molecule has 2 heterocycles. The van der Waals surface area contributed by atoms with Crippen LogP contribution in [0.1, 0.15) is 23.3 Å². The first-order chi connectivity index (χ1) is 14.7. The number of aromatic nitrogens is 2. The minimum absolute atomic E-state index is 0.154. The number of halogens is 1. The van der Waals surface area contributed by atoms with E-state index in [1.165, 1.54) is 25.0 Å². The van der Waals surface area contributed by atoms with Crippen LogP contribution in [0, 0.1) is 11.7 Å². The summed E-state index contributed by atoms with van der Waals surface area (Å²) in [6.45, 7) is 3.89. The minimum Gasteiger partial charge on any atom is -0.368 e. The van der Waals surface area contributed by atoms with Crippen molar-refractivity contribution in [1.82, 2.24) is 15.5 Å². The Kier molecular flexibility index (Phi) is 4.94. The molecule has 0 bridgehead atoms. The second-order valence-corrected chi connectivity index (χ2v) is 8.02. The number of nitrogens with one attached hydrogen (secondary N) is 1. The zero-order valence-electron chi connectivity index (χ0n) is 16.7. The summed E-state index contributed by atoms with van der Waals surface area (Å²) in [6, 6.07) is 14.5. The predicted octanol–water partition coefficient (Wildman–Crippen LogP) is 3.24. The Hall–Kier alpha value is -3.22. The van der Waals surface area contributed by atoms with Gasteiger partial charge < -0.3 is 15.1 Å². The average molecular weight is 405 g/mol. The van der Waals surface area contributed by atoms with Gasteiger partial charge in [0.1, 0.15) is 5.82 Å². The largest absolute Gasteiger partial charge is 0.368 e. The molecule has 1 N–H and O–H groups in total. The Morgan fingerprint density at radius 3 is 2.30 bits per heavy atom. The van der Waals surface area contributed by atoms with Gasteiger partial charge in [-0.05, 0) is 43.0 Å². The maximum Gasteiger partial charge on any atom is 0.272 e. The smallest absolute Gasteiger partial charge is 0.272 e. The van der Waals surface area contributed by atoms with E-state index in [2.05, 4.69) is 25.3 Å². The van der Waals surface area contributed by atoms with E-state index in [9.17, 15) is 9.18 Å². The molecule has 30 heavy (non-hydrogen) atoms. The zero-order chi connectivity index (χ0) is 20.5. The molecule has 2 fully saturated rings. The lowest BCUT2D eigenvalue weighted by molar-refractivity contribution is 0.0947. The SMILES string of the molecule is O=C(NCC1CC1)c1nnc(N2CCN(c3ccc(F)cc3)CC2)c2ccccc12. The summed E-state index contributed by atoms with van der Waals surface area (Å²) in [4.78, 5) is 17.1. The molecule has 0 atom stereocenters. The third-order valence-electron chi connectivity index (χ3n) is 5.90. The molecule has 1 aromatic heterocycles. The lowest BCUT2D eigenvalue weighted by Crippen LogP contribution is -2.47. The monoisotopic (exact) mass is 405 g/mol. The standard InChI is InChI=1S/C23H24FN5O/c24-17-7-9-18(10-8-17)28-11-13-29(14-12-28)22-20-4-2-1-3-19(20)21(26-27-22)23(30)25-15-16-5-6-16/h1-4,7-10,16H,5-6,11-15H2,(H,25,30). The van der Waals surface area contributed by atoms with Gasteiger partial charge in [0, 0.05) is 49.2 Å². The van der Waals surface area contributed by atoms with Gasteiger partial charge in [-0.25, -0.2) is 4.39 Å². The van der Waals surface area contributed by atoms with Gasteiger partial charge in [0.05, 0.1) is 0 Å². The lowest BCUT2D eigenvalue weighted by atomic mass is 10.1. The van der Waals surface area contributed by atoms with Gasteiger partial charge in [-0.1, -0.05) is 24.3 Å². The van der Waals surface area contributed by atoms with Gasteiger partial charge in [-0.15, -0.1) is 10.2 Å². The predicted molar refractivity (Wildman–Crippen MR) is 115 cm³/mol. The highest BCUT2D eigenvalue weighted by Crippen LogP contribution is 2.29. The topological polar surface area (TPSA) is 61.4 Å². The molecule has 1 saturated carbocycles. The number of hydrogen-bond donors (Lipinski definition) is 1. The molecule has 2 aliphatic rings. The molecular weight excluding hydrogens is 381 g/mol. The number of carbonyl (C=O) groups is 1. The summed E-state index contributed by atoms with van der Waals surface area (Å²) < 4.78 is 13.2. The molecule has 1 aliphatic heterocycles. The Morgan fingerprint density at radius 2 is 1.60 bits per heavy atom. The van der Waals surface area contributed by atoms with E-state index in [-0.39, 0.29) is 11.7 Å². The number of amides is 1. The Balaban J connectivity index is 1.35. The third-order valence-corrected chi connectivity index (χ3v) is 5.90. The van der Waals surface area contributed by atoms with Crippen LogP contribution in [-0.2, 0) is 0 Å². The third kappa shape index (κ3) is 3.79. The molecule has 2 aromatic carbocycles. The number of nitrogens with zero attached hydrogens (tertiary/aromatic N) is 4. The highest BCUT2D eigenvalue weighted by Gasteiger charge is 2.25. The minimum atomic E-state index is -0.222. The summed E-state index contributed by atoms with van der Waals surface area (Å²) in [7, 11) is 0. The molecule has 0 radical (unpaired) electrons. The Morgan fingerprint density at radius 1 is 0.933 bits per heavy atom. The van der Waals surface area contributed by atoms with Crippen molar-refractivity contribution < 1.29 is 9.18 Å². The Bertz CT molecular complexity index is 1060. The van der Waals surface area contributed by atoms with Crippen LogP contribution >= 0.6 is 0 Å². The summed E-state index contributed by atoms with van der Waals surface area (Å²) in [6.07, 6.45) is 2.38. The molecule has 1 amide bonds. The van der Waals surface area contributed by atoms with E-state index in [0.29, 0.717) is 18.2 Å². The molecule has 5 rings (SSSR count). The van der Waals surface area contributed by atoms with Gasteiger partial charge in [0.15, 0.2) is 11.5 Å². The van der Waals surface area contributed by atoms with Crippen molar-refractivity contribution in [1.29, 1.82) is 0 Å². The van der Waals surface area contributed by atoms with E-state index in [0.717, 1.165) is 48.5 Å². The fourth-order valence-corrected chi connectivity index (χ4v) is 3.96. The highest BCUT2D eigenvalue weighted by molar-refractivity contribution is 6.07. The number of piperazine rings is 1. The number of hydrogen-bond acceptors (Lipinski definition) is 5. The van der Waals surface area contributed by atoms with Crippen LogP contribution in [0.25, 0.3) is 10.8 Å². The van der Waals surface area contributed by atoms with Gasteiger partial charge in [-0.3, -0.25) is 4.79 Å². The molecule has 154 valence electrons. The zero-order valence-corrected chi connectivity index (χ0v) is 16.7. The van der Waals surface area contributed by atoms with Gasteiger partial charge >= 0.3 is 0 Å². The molecule has 0 unspecified atom stereocenters. The fourth-order valence-electron chi connectivity index (χ4n) is 3.96. The van der Waals surface area contributed by atoms with Gasteiger partial charge in [0.25, 0.3) is 5.91 Å². The first kappa shape index (κ1) is 18.8. The molecule has 6 nitrogen and oxygen atoms in total. The Labute approximate surface area is 174 Å². The van der Waals surface area contributed by atoms with Crippen LogP contribution in [0.15, 0.2) is 48.5 Å². The molecular formula is C23H24FN5O. The average Bonchev–Trinajstić information content (AvgIpc) is 3.62. The molecule has 3 aromatic rings. The second-order valence-electron chi connectivity index (χ2n) is 8.02. The summed E-state index contributed by atoms with van der Waals surface area (Å²) in [5.41, 5.74) is 1.41. The number of fused-ring (bicyclic) bond motifs is 1. The van der Waals surface area contributed by atoms with Crippen molar-refractivity contribution in [2.75, 3.05) is 42.5 Å². The van der Waals surface area contributed by atoms with Crippen LogP contribution in [0.2, 0.25) is 0 Å². The molecule has 1 aliphatic carbocycles. The van der Waals surface area contributed by atoms with Crippen molar-refractivity contribution in [2.24, 2.45) is 5.92 Å². The summed E-state index contributed by atoms with van der Waals surface area (Å²) >= 11 is 0. The van der Waals surface area contributed by atoms with Gasteiger partial charge in [-0.2, -0.15) is 0 Å². The summed E-state index contributed by atoms with van der Waals surface area (Å²) in [5.74, 6) is 1.05. The quantitative estimate of drug-likeness (QED) is 0.706. The van der Waals surface area contributed by atoms with Crippen molar-refractivity contribution in [3.8, 4) is 0 Å². The van der Waals surface area contributed by atoms with E-state index >= 15 is 0 Å². The van der Waals surface area contributed by atoms with Crippen molar-refractivity contribution in [3.63, 3.8) is 0 Å². The van der Waals surface area contributed by atoms with E-state index in [4.69, 9.17) is 0 Å². The number of rotatable bonds is 5. The first-order valence-electron chi connectivity index (χ1n) is 10.5. The lowest BCUT2D eigenvalue weighted by Gasteiger charge is -2.37. The molecule has 0 spiro atoms. The van der Waals surface area contributed by atoms with Crippen molar-refractivity contribution >= 4 is 28.2 Å². The number of benzene rings is 2. The number of anilines is 2. The second kappa shape index (κ2) is 7.89. The normalized spacial score (nSPS) is 16.7. The van der Waals surface area contributed by atoms with Crippen molar-refractivity contribution in [3.05, 3.63) is 60.0 Å². The van der Waals surface area contributed by atoms with Crippen LogP contribution in [0.5, 0.6) is 0 Å². The first-order valence-corrected chi connectivity index (χ1v) is 10.5. The molecule has 1 saturated heterocycles. The summed E-state index contributed by atoms with van der Waals surface area (Å²) in [5, 5.41) is 13.5. The van der Waals surface area contributed by atoms with E-state index in [1.807, 2.05) is 36.4 Å². The molecule has 7 heteroatoms. The van der Waals surface area contributed by atoms with Crippen LogP contribution < -0.4 is 15.1 Å². The highest BCUT2D eigenvalue weighted by atomic mass is 19.1. The van der Waals surface area contributed by atoms with E-state index < -0.39 is 0 Å². The van der Waals surface area contributed by atoms with Crippen LogP contribution in [0.3, 0.4) is 0 Å². The van der Waals surface area contributed by atoms with E-state index in [1.54, 1.807) is 0 Å². The van der Waals surface area contributed by atoms with Gasteiger partial charge in [0.2, 0.25) is 0 Å². The van der Waals surface area contributed by atoms with Crippen molar-refractivity contribution in [2.45, 2.75) is 12.8 Å². The maximum absolute atomic E-state index is 13.2. The van der Waals surface area contributed by atoms with Crippen LogP contribution in [-0.4, -0.2) is 48.8 Å². The maximum atomic E-state index is 13.2. The number of carbonyl (C=O) groups excluding carboxylic acids is 1.